The molecule has 1 atom stereocenters. The lowest BCUT2D eigenvalue weighted by atomic mass is 10.1. The minimum atomic E-state index is -0.256. The van der Waals surface area contributed by atoms with Crippen molar-refractivity contribution in [3.63, 3.8) is 0 Å². The molecule has 132 valence electrons. The maximum absolute atomic E-state index is 12.2. The topological polar surface area (TPSA) is 71.6 Å². The highest BCUT2D eigenvalue weighted by atomic mass is 16.5. The summed E-state index contributed by atoms with van der Waals surface area (Å²) in [5.41, 5.74) is 0.624. The summed E-state index contributed by atoms with van der Waals surface area (Å²) < 4.78 is 11.3. The summed E-state index contributed by atoms with van der Waals surface area (Å²) in [4.78, 5) is 12.2. The van der Waals surface area contributed by atoms with Gasteiger partial charge in [0.2, 0.25) is 0 Å². The van der Waals surface area contributed by atoms with Crippen molar-refractivity contribution in [3.8, 4) is 11.5 Å². The Labute approximate surface area is 147 Å². The first-order chi connectivity index (χ1) is 12.3. The molecule has 3 N–H and O–H groups in total. The number of anilines is 1. The van der Waals surface area contributed by atoms with Gasteiger partial charge in [-0.15, -0.1) is 0 Å². The van der Waals surface area contributed by atoms with Crippen LogP contribution in [0.1, 0.15) is 0 Å². The van der Waals surface area contributed by atoms with Crippen molar-refractivity contribution in [3.05, 3.63) is 54.6 Å². The highest BCUT2D eigenvalue weighted by Crippen LogP contribution is 2.28. The molecule has 1 fully saturated rings. The lowest BCUT2D eigenvalue weighted by Crippen LogP contribution is -2.37. The highest BCUT2D eigenvalue weighted by Gasteiger charge is 2.14. The summed E-state index contributed by atoms with van der Waals surface area (Å²) in [5.74, 6) is 1.59. The predicted molar refractivity (Wildman–Crippen MR) is 97.2 cm³/mol. The fourth-order valence-corrected chi connectivity index (χ4v) is 2.57. The minimum absolute atomic E-state index is 0.256. The number of nitrogens with one attached hydrogen (secondary N) is 3. The molecule has 2 aromatic rings. The Kier molecular flexibility index (Phi) is 6.25. The molecule has 6 nitrogen and oxygen atoms in total. The van der Waals surface area contributed by atoms with Gasteiger partial charge in [-0.25, -0.2) is 4.79 Å². The van der Waals surface area contributed by atoms with Gasteiger partial charge in [-0.3, -0.25) is 0 Å². The van der Waals surface area contributed by atoms with Crippen LogP contribution in [0.15, 0.2) is 54.6 Å². The summed E-state index contributed by atoms with van der Waals surface area (Å²) in [7, 11) is 0. The standard InChI is InChI=1S/C19H23N3O3/c23-19(21-13-15-12-20-10-11-24-14-15)22-17-8-4-5-9-18(17)25-16-6-2-1-3-7-16/h1-9,15,20H,10-14H2,(H2,21,22,23). The van der Waals surface area contributed by atoms with Crippen LogP contribution >= 0.6 is 0 Å². The quantitative estimate of drug-likeness (QED) is 0.782. The number of para-hydroxylation sites is 3. The van der Waals surface area contributed by atoms with Crippen LogP contribution in [-0.4, -0.2) is 38.9 Å². The lowest BCUT2D eigenvalue weighted by Gasteiger charge is -2.16. The molecule has 0 spiro atoms. The van der Waals surface area contributed by atoms with Crippen molar-refractivity contribution in [1.82, 2.24) is 10.6 Å². The van der Waals surface area contributed by atoms with Crippen molar-refractivity contribution in [2.24, 2.45) is 5.92 Å². The fraction of sp³-hybridized carbons (Fsp3) is 0.316. The average Bonchev–Trinajstić information content (AvgIpc) is 2.91. The van der Waals surface area contributed by atoms with E-state index in [9.17, 15) is 4.79 Å². The third kappa shape index (κ3) is 5.48. The summed E-state index contributed by atoms with van der Waals surface area (Å²) in [5, 5.41) is 9.03. The largest absolute Gasteiger partial charge is 0.455 e. The normalized spacial score (nSPS) is 17.4. The van der Waals surface area contributed by atoms with Gasteiger partial charge in [-0.05, 0) is 24.3 Å². The molecule has 3 rings (SSSR count). The van der Waals surface area contributed by atoms with E-state index in [2.05, 4.69) is 16.0 Å². The Morgan fingerprint density at radius 1 is 1.16 bits per heavy atom. The first-order valence-electron chi connectivity index (χ1n) is 8.46. The molecule has 1 aliphatic heterocycles. The smallest absolute Gasteiger partial charge is 0.319 e. The SMILES string of the molecule is O=C(NCC1CNCCOC1)Nc1ccccc1Oc1ccccc1. The molecule has 0 aromatic heterocycles. The number of carbonyl (C=O) groups excluding carboxylic acids is 1. The zero-order valence-electron chi connectivity index (χ0n) is 14.0. The van der Waals surface area contributed by atoms with E-state index in [-0.39, 0.29) is 11.9 Å². The summed E-state index contributed by atoms with van der Waals surface area (Å²) in [6.45, 7) is 3.62. The van der Waals surface area contributed by atoms with Crippen molar-refractivity contribution < 1.29 is 14.3 Å². The number of hydrogen-bond acceptors (Lipinski definition) is 4. The molecule has 1 unspecified atom stereocenters. The second-order valence-corrected chi connectivity index (χ2v) is 5.89. The van der Waals surface area contributed by atoms with Gasteiger partial charge in [0.1, 0.15) is 5.75 Å². The minimum Gasteiger partial charge on any atom is -0.455 e. The van der Waals surface area contributed by atoms with E-state index in [1.54, 1.807) is 0 Å². The van der Waals surface area contributed by atoms with Crippen LogP contribution in [0.5, 0.6) is 11.5 Å². The lowest BCUT2D eigenvalue weighted by molar-refractivity contribution is 0.123. The second-order valence-electron chi connectivity index (χ2n) is 5.89. The molecular weight excluding hydrogens is 318 g/mol. The summed E-state index contributed by atoms with van der Waals surface area (Å²) in [6, 6.07) is 16.6. The zero-order chi connectivity index (χ0) is 17.3. The Hall–Kier alpha value is -2.57. The number of amides is 2. The molecule has 1 aliphatic rings. The molecule has 25 heavy (non-hydrogen) atoms. The predicted octanol–water partition coefficient (Wildman–Crippen LogP) is 2.84. The van der Waals surface area contributed by atoms with Crippen LogP contribution in [0.4, 0.5) is 10.5 Å². The average molecular weight is 341 g/mol. The Morgan fingerprint density at radius 2 is 1.96 bits per heavy atom. The first kappa shape index (κ1) is 17.3. The van der Waals surface area contributed by atoms with Gasteiger partial charge < -0.3 is 25.4 Å². The van der Waals surface area contributed by atoms with Crippen LogP contribution in [0, 0.1) is 5.92 Å². The van der Waals surface area contributed by atoms with Gasteiger partial charge in [0, 0.05) is 25.6 Å². The van der Waals surface area contributed by atoms with E-state index in [0.717, 1.165) is 18.8 Å². The molecule has 2 aromatic carbocycles. The number of ether oxygens (including phenoxy) is 2. The maximum Gasteiger partial charge on any atom is 0.319 e. The van der Waals surface area contributed by atoms with E-state index in [4.69, 9.17) is 9.47 Å². The van der Waals surface area contributed by atoms with E-state index in [1.807, 2.05) is 54.6 Å². The van der Waals surface area contributed by atoms with Crippen LogP contribution in [0.3, 0.4) is 0 Å². The Bertz CT molecular complexity index is 671. The summed E-state index contributed by atoms with van der Waals surface area (Å²) >= 11 is 0. The number of benzene rings is 2. The number of carbonyl (C=O) groups is 1. The maximum atomic E-state index is 12.2. The molecule has 6 heteroatoms. The van der Waals surface area contributed by atoms with Crippen molar-refractivity contribution in [2.75, 3.05) is 38.2 Å². The van der Waals surface area contributed by atoms with Crippen LogP contribution in [0.25, 0.3) is 0 Å². The number of urea groups is 1. The van der Waals surface area contributed by atoms with Crippen molar-refractivity contribution in [1.29, 1.82) is 0 Å². The fourth-order valence-electron chi connectivity index (χ4n) is 2.57. The van der Waals surface area contributed by atoms with E-state index in [1.165, 1.54) is 0 Å². The molecule has 0 saturated carbocycles. The van der Waals surface area contributed by atoms with Gasteiger partial charge in [0.25, 0.3) is 0 Å². The molecule has 1 heterocycles. The second kappa shape index (κ2) is 9.05. The van der Waals surface area contributed by atoms with Gasteiger partial charge in [-0.2, -0.15) is 0 Å². The van der Waals surface area contributed by atoms with Crippen molar-refractivity contribution >= 4 is 11.7 Å². The van der Waals surface area contributed by atoms with Gasteiger partial charge in [-0.1, -0.05) is 30.3 Å². The molecular formula is C19H23N3O3. The monoisotopic (exact) mass is 341 g/mol. The number of hydrogen-bond donors (Lipinski definition) is 3. The molecule has 0 radical (unpaired) electrons. The third-order valence-corrected chi connectivity index (χ3v) is 3.87. The summed E-state index contributed by atoms with van der Waals surface area (Å²) in [6.07, 6.45) is 0. The molecule has 2 amide bonds. The van der Waals surface area contributed by atoms with Gasteiger partial charge >= 0.3 is 6.03 Å². The van der Waals surface area contributed by atoms with E-state index < -0.39 is 0 Å². The Balaban J connectivity index is 1.55. The van der Waals surface area contributed by atoms with Crippen LogP contribution in [-0.2, 0) is 4.74 Å². The van der Waals surface area contributed by atoms with E-state index >= 15 is 0 Å². The van der Waals surface area contributed by atoms with Crippen LogP contribution in [0.2, 0.25) is 0 Å². The van der Waals surface area contributed by atoms with Gasteiger partial charge in [0.15, 0.2) is 5.75 Å². The van der Waals surface area contributed by atoms with E-state index in [0.29, 0.717) is 31.2 Å². The molecule has 1 saturated heterocycles. The number of rotatable bonds is 5. The third-order valence-electron chi connectivity index (χ3n) is 3.87. The highest BCUT2D eigenvalue weighted by molar-refractivity contribution is 5.90. The van der Waals surface area contributed by atoms with Crippen LogP contribution < -0.4 is 20.7 Å². The molecule has 0 aliphatic carbocycles. The van der Waals surface area contributed by atoms with Gasteiger partial charge in [0.05, 0.1) is 18.9 Å². The van der Waals surface area contributed by atoms with Crippen molar-refractivity contribution in [2.45, 2.75) is 0 Å². The molecule has 0 bridgehead atoms. The Morgan fingerprint density at radius 3 is 2.84 bits per heavy atom. The zero-order valence-corrected chi connectivity index (χ0v) is 14.0. The first-order valence-corrected chi connectivity index (χ1v) is 8.46.